The predicted molar refractivity (Wildman–Crippen MR) is 88.8 cm³/mol. The van der Waals surface area contributed by atoms with Crippen molar-refractivity contribution < 1.29 is 4.79 Å². The number of aromatic nitrogens is 2. The van der Waals surface area contributed by atoms with Gasteiger partial charge in [0, 0.05) is 25.7 Å². The molecule has 0 spiro atoms. The number of hydrogen-bond donors (Lipinski definition) is 1. The van der Waals surface area contributed by atoms with Gasteiger partial charge in [-0.2, -0.15) is 5.10 Å². The third kappa shape index (κ3) is 4.45. The Morgan fingerprint density at radius 3 is 2.55 bits per heavy atom. The average molecular weight is 299 g/mol. The van der Waals surface area contributed by atoms with Gasteiger partial charge < -0.3 is 5.32 Å². The molecule has 1 aromatic carbocycles. The molecule has 118 valence electrons. The summed E-state index contributed by atoms with van der Waals surface area (Å²) in [5.41, 5.74) is 4.69. The van der Waals surface area contributed by atoms with E-state index >= 15 is 0 Å². The van der Waals surface area contributed by atoms with Crippen molar-refractivity contribution in [1.82, 2.24) is 15.1 Å². The van der Waals surface area contributed by atoms with Gasteiger partial charge in [-0.3, -0.25) is 9.48 Å². The number of hydrogen-bond acceptors (Lipinski definition) is 2. The fourth-order valence-electron chi connectivity index (χ4n) is 2.67. The van der Waals surface area contributed by atoms with Gasteiger partial charge in [0.2, 0.25) is 5.91 Å². The first kappa shape index (κ1) is 16.3. The topological polar surface area (TPSA) is 46.9 Å². The Bertz CT molecular complexity index is 617. The molecule has 0 radical (unpaired) electrons. The molecule has 0 aliphatic heterocycles. The van der Waals surface area contributed by atoms with Crippen LogP contribution in [0.4, 0.5) is 0 Å². The van der Waals surface area contributed by atoms with Crippen molar-refractivity contribution in [1.29, 1.82) is 0 Å². The van der Waals surface area contributed by atoms with Crippen molar-refractivity contribution in [2.75, 3.05) is 6.54 Å². The maximum atomic E-state index is 11.9. The van der Waals surface area contributed by atoms with Crippen molar-refractivity contribution in [2.24, 2.45) is 7.05 Å². The van der Waals surface area contributed by atoms with Crippen LogP contribution in [0.5, 0.6) is 0 Å². The minimum absolute atomic E-state index is 0.121. The lowest BCUT2D eigenvalue weighted by Crippen LogP contribution is -2.25. The summed E-state index contributed by atoms with van der Waals surface area (Å²) in [4.78, 5) is 11.9. The summed E-state index contributed by atoms with van der Waals surface area (Å²) in [6, 6.07) is 10.4. The molecule has 1 heterocycles. The number of benzene rings is 1. The monoisotopic (exact) mass is 299 g/mol. The highest BCUT2D eigenvalue weighted by atomic mass is 16.1. The largest absolute Gasteiger partial charge is 0.356 e. The normalized spacial score (nSPS) is 10.7. The second-order valence-electron chi connectivity index (χ2n) is 5.71. The van der Waals surface area contributed by atoms with Gasteiger partial charge in [0.25, 0.3) is 0 Å². The van der Waals surface area contributed by atoms with Crippen LogP contribution in [0, 0.1) is 13.8 Å². The average Bonchev–Trinajstić information content (AvgIpc) is 2.76. The lowest BCUT2D eigenvalue weighted by atomic mass is 10.1. The van der Waals surface area contributed by atoms with Crippen LogP contribution in [0.1, 0.15) is 35.4 Å². The molecular formula is C18H25N3O. The van der Waals surface area contributed by atoms with Crippen molar-refractivity contribution in [3.05, 3.63) is 52.8 Å². The van der Waals surface area contributed by atoms with Crippen LogP contribution in [0.3, 0.4) is 0 Å². The molecule has 0 aliphatic rings. The van der Waals surface area contributed by atoms with E-state index in [-0.39, 0.29) is 5.91 Å². The Morgan fingerprint density at radius 1 is 1.18 bits per heavy atom. The second kappa shape index (κ2) is 7.78. The van der Waals surface area contributed by atoms with E-state index in [4.69, 9.17) is 0 Å². The summed E-state index contributed by atoms with van der Waals surface area (Å²) in [5, 5.41) is 7.39. The van der Waals surface area contributed by atoms with E-state index in [2.05, 4.69) is 22.5 Å². The predicted octanol–water partition coefficient (Wildman–Crippen LogP) is 2.72. The van der Waals surface area contributed by atoms with E-state index in [0.29, 0.717) is 6.42 Å². The highest BCUT2D eigenvalue weighted by molar-refractivity contribution is 5.76. The first-order chi connectivity index (χ1) is 10.6. The molecule has 0 fully saturated rings. The van der Waals surface area contributed by atoms with Crippen LogP contribution < -0.4 is 5.32 Å². The van der Waals surface area contributed by atoms with Crippen LogP contribution in [-0.2, 0) is 24.7 Å². The fraction of sp³-hybridized carbons (Fsp3) is 0.444. The Balaban J connectivity index is 1.68. The molecular weight excluding hydrogens is 274 g/mol. The van der Waals surface area contributed by atoms with Gasteiger partial charge >= 0.3 is 0 Å². The minimum Gasteiger partial charge on any atom is -0.356 e. The summed E-state index contributed by atoms with van der Waals surface area (Å²) in [7, 11) is 1.94. The second-order valence-corrected chi connectivity index (χ2v) is 5.71. The lowest BCUT2D eigenvalue weighted by molar-refractivity contribution is -0.121. The Hall–Kier alpha value is -2.10. The molecule has 0 aliphatic carbocycles. The lowest BCUT2D eigenvalue weighted by Gasteiger charge is -2.06. The van der Waals surface area contributed by atoms with Gasteiger partial charge in [-0.05, 0) is 44.2 Å². The minimum atomic E-state index is 0.121. The highest BCUT2D eigenvalue weighted by Crippen LogP contribution is 2.13. The summed E-state index contributed by atoms with van der Waals surface area (Å²) >= 11 is 0. The molecule has 0 unspecified atom stereocenters. The molecule has 4 heteroatoms. The van der Waals surface area contributed by atoms with E-state index in [0.717, 1.165) is 37.2 Å². The molecule has 0 atom stereocenters. The van der Waals surface area contributed by atoms with Crippen LogP contribution in [0.25, 0.3) is 0 Å². The van der Waals surface area contributed by atoms with E-state index in [1.165, 1.54) is 11.1 Å². The molecule has 1 amide bonds. The van der Waals surface area contributed by atoms with Crippen molar-refractivity contribution in [2.45, 2.75) is 39.5 Å². The Kier molecular flexibility index (Phi) is 5.75. The molecule has 0 saturated heterocycles. The number of aryl methyl sites for hydroxylation is 3. The van der Waals surface area contributed by atoms with Gasteiger partial charge in [0.15, 0.2) is 0 Å². The molecule has 22 heavy (non-hydrogen) atoms. The number of carbonyl (C=O) groups excluding carboxylic acids is 1. The number of carbonyl (C=O) groups is 1. The smallest absolute Gasteiger partial charge is 0.220 e. The highest BCUT2D eigenvalue weighted by Gasteiger charge is 2.11. The van der Waals surface area contributed by atoms with Gasteiger partial charge in [0.05, 0.1) is 5.69 Å². The molecule has 4 nitrogen and oxygen atoms in total. The quantitative estimate of drug-likeness (QED) is 0.799. The number of amides is 1. The molecule has 1 aromatic heterocycles. The molecule has 2 rings (SSSR count). The van der Waals surface area contributed by atoms with Crippen molar-refractivity contribution in [3.8, 4) is 0 Å². The van der Waals surface area contributed by atoms with Crippen LogP contribution >= 0.6 is 0 Å². The fourth-order valence-corrected chi connectivity index (χ4v) is 2.67. The van der Waals surface area contributed by atoms with Gasteiger partial charge in [-0.1, -0.05) is 30.3 Å². The number of nitrogens with zero attached hydrogens (tertiary/aromatic N) is 2. The van der Waals surface area contributed by atoms with Crippen molar-refractivity contribution >= 4 is 5.91 Å². The standard InChI is InChI=1S/C18H25N3O/c1-14-17(15(2)21(3)20-14)11-12-18(22)19-13-7-10-16-8-5-4-6-9-16/h4-6,8-9H,7,10-13H2,1-3H3,(H,19,22). The van der Waals surface area contributed by atoms with Crippen LogP contribution in [0.2, 0.25) is 0 Å². The maximum absolute atomic E-state index is 11.9. The van der Waals surface area contributed by atoms with Crippen LogP contribution in [-0.4, -0.2) is 22.2 Å². The molecule has 0 bridgehead atoms. The van der Waals surface area contributed by atoms with E-state index in [9.17, 15) is 4.79 Å². The zero-order valence-corrected chi connectivity index (χ0v) is 13.7. The van der Waals surface area contributed by atoms with Gasteiger partial charge in [-0.15, -0.1) is 0 Å². The first-order valence-electron chi connectivity index (χ1n) is 7.87. The van der Waals surface area contributed by atoms with Gasteiger partial charge in [0.1, 0.15) is 0 Å². The zero-order valence-electron chi connectivity index (χ0n) is 13.7. The first-order valence-corrected chi connectivity index (χ1v) is 7.87. The number of rotatable bonds is 7. The maximum Gasteiger partial charge on any atom is 0.220 e. The third-order valence-corrected chi connectivity index (χ3v) is 4.07. The van der Waals surface area contributed by atoms with E-state index in [1.54, 1.807) is 0 Å². The summed E-state index contributed by atoms with van der Waals surface area (Å²) < 4.78 is 1.88. The Morgan fingerprint density at radius 2 is 1.91 bits per heavy atom. The molecule has 0 saturated carbocycles. The van der Waals surface area contributed by atoms with Crippen molar-refractivity contribution in [3.63, 3.8) is 0 Å². The summed E-state index contributed by atoms with van der Waals surface area (Å²) in [6.45, 7) is 4.78. The third-order valence-electron chi connectivity index (χ3n) is 4.07. The van der Waals surface area contributed by atoms with Crippen LogP contribution in [0.15, 0.2) is 30.3 Å². The molecule has 2 aromatic rings. The summed E-state index contributed by atoms with van der Waals surface area (Å²) in [5.74, 6) is 0.121. The zero-order chi connectivity index (χ0) is 15.9. The van der Waals surface area contributed by atoms with E-state index < -0.39 is 0 Å². The Labute approximate surface area is 132 Å². The SMILES string of the molecule is Cc1nn(C)c(C)c1CCC(=O)NCCCc1ccccc1. The molecule has 1 N–H and O–H groups in total. The number of nitrogens with one attached hydrogen (secondary N) is 1. The summed E-state index contributed by atoms with van der Waals surface area (Å²) in [6.07, 6.45) is 3.26. The van der Waals surface area contributed by atoms with Gasteiger partial charge in [-0.25, -0.2) is 0 Å². The van der Waals surface area contributed by atoms with E-state index in [1.807, 2.05) is 43.8 Å².